The number of hydrogen-bond donors (Lipinski definition) is 2. The molecule has 0 bridgehead atoms. The monoisotopic (exact) mass is 346 g/mol. The first kappa shape index (κ1) is 16.0. The minimum absolute atomic E-state index is 0.160. The molecule has 0 unspecified atom stereocenters. The third kappa shape index (κ3) is 3.06. The number of anilines is 2. The van der Waals surface area contributed by atoms with Crippen LogP contribution in [0.4, 0.5) is 11.6 Å². The number of aryl methyl sites for hydroxylation is 2. The van der Waals surface area contributed by atoms with E-state index in [4.69, 9.17) is 0 Å². The van der Waals surface area contributed by atoms with Gasteiger partial charge in [0.15, 0.2) is 6.17 Å². The lowest BCUT2D eigenvalue weighted by atomic mass is 10.2. The van der Waals surface area contributed by atoms with E-state index in [2.05, 4.69) is 25.6 Å². The highest BCUT2D eigenvalue weighted by Crippen LogP contribution is 2.25. The summed E-state index contributed by atoms with van der Waals surface area (Å²) in [4.78, 5) is 25.9. The summed E-state index contributed by atoms with van der Waals surface area (Å²) >= 11 is 0. The second kappa shape index (κ2) is 6.44. The second-order valence-corrected chi connectivity index (χ2v) is 6.19. The van der Waals surface area contributed by atoms with Crippen molar-refractivity contribution < 1.29 is 0 Å². The van der Waals surface area contributed by atoms with Gasteiger partial charge in [-0.05, 0) is 37.6 Å². The molecule has 0 saturated carbocycles. The van der Waals surface area contributed by atoms with Gasteiger partial charge >= 0.3 is 0 Å². The van der Waals surface area contributed by atoms with Gasteiger partial charge in [-0.25, -0.2) is 9.98 Å². The molecule has 0 saturated heterocycles. The second-order valence-electron chi connectivity index (χ2n) is 6.19. The van der Waals surface area contributed by atoms with E-state index in [0.29, 0.717) is 17.6 Å². The van der Waals surface area contributed by atoms with E-state index < -0.39 is 6.17 Å². The van der Waals surface area contributed by atoms with Gasteiger partial charge in [-0.1, -0.05) is 18.2 Å². The predicted molar refractivity (Wildman–Crippen MR) is 101 cm³/mol. The van der Waals surface area contributed by atoms with Gasteiger partial charge in [0.1, 0.15) is 0 Å². The number of hydrogen-bond acceptors (Lipinski definition) is 6. The van der Waals surface area contributed by atoms with Crippen molar-refractivity contribution in [2.24, 2.45) is 4.99 Å². The molecule has 1 aliphatic rings. The minimum atomic E-state index is -0.534. The van der Waals surface area contributed by atoms with Crippen molar-refractivity contribution in [2.75, 3.05) is 10.6 Å². The van der Waals surface area contributed by atoms with Crippen molar-refractivity contribution in [3.05, 3.63) is 82.0 Å². The summed E-state index contributed by atoms with van der Waals surface area (Å²) in [6.07, 6.45) is 2.87. The standard InChI is InChI=1S/C19H18N6O/c1-12-5-3-7-15(9-12)22-18-23-17(14-6-4-8-20-11-14)25-16(26)10-13(2)21-19(25)24-18/h3-11,17H,1-2H3,(H2,21,22,23,24)/t17-/m0/s1. The smallest absolute Gasteiger partial charge is 0.257 e. The van der Waals surface area contributed by atoms with Crippen LogP contribution >= 0.6 is 0 Å². The van der Waals surface area contributed by atoms with E-state index >= 15 is 0 Å². The van der Waals surface area contributed by atoms with Crippen molar-refractivity contribution in [1.82, 2.24) is 14.5 Å². The molecule has 1 atom stereocenters. The molecule has 0 spiro atoms. The van der Waals surface area contributed by atoms with Crippen LogP contribution in [0.2, 0.25) is 0 Å². The van der Waals surface area contributed by atoms with Gasteiger partial charge in [0.2, 0.25) is 11.9 Å². The maximum Gasteiger partial charge on any atom is 0.257 e. The largest absolute Gasteiger partial charge is 0.326 e. The van der Waals surface area contributed by atoms with Gasteiger partial charge in [-0.3, -0.25) is 19.7 Å². The first-order valence-corrected chi connectivity index (χ1v) is 8.29. The quantitative estimate of drug-likeness (QED) is 0.745. The van der Waals surface area contributed by atoms with Crippen molar-refractivity contribution in [1.29, 1.82) is 0 Å². The summed E-state index contributed by atoms with van der Waals surface area (Å²) in [6, 6.07) is 13.2. The first-order chi connectivity index (χ1) is 12.6. The lowest BCUT2D eigenvalue weighted by molar-refractivity contribution is 0.575. The summed E-state index contributed by atoms with van der Waals surface area (Å²) in [6.45, 7) is 3.82. The Hall–Kier alpha value is -3.48. The fourth-order valence-electron chi connectivity index (χ4n) is 2.92. The fraction of sp³-hybridized carbons (Fsp3) is 0.158. The van der Waals surface area contributed by atoms with Crippen LogP contribution in [0.15, 0.2) is 64.6 Å². The van der Waals surface area contributed by atoms with E-state index in [-0.39, 0.29) is 5.56 Å². The highest BCUT2D eigenvalue weighted by Gasteiger charge is 2.25. The Morgan fingerprint density at radius 2 is 2.04 bits per heavy atom. The molecule has 0 amide bonds. The Morgan fingerprint density at radius 3 is 2.81 bits per heavy atom. The van der Waals surface area contributed by atoms with E-state index in [9.17, 15) is 4.79 Å². The first-order valence-electron chi connectivity index (χ1n) is 8.29. The van der Waals surface area contributed by atoms with Gasteiger partial charge < -0.3 is 5.32 Å². The maximum absolute atomic E-state index is 12.6. The Balaban J connectivity index is 1.79. The van der Waals surface area contributed by atoms with Crippen molar-refractivity contribution >= 4 is 17.6 Å². The number of benzene rings is 1. The number of pyridine rings is 1. The average molecular weight is 346 g/mol. The van der Waals surface area contributed by atoms with Crippen LogP contribution in [0.25, 0.3) is 0 Å². The number of nitrogens with zero attached hydrogens (tertiary/aromatic N) is 4. The van der Waals surface area contributed by atoms with Crippen LogP contribution in [0.5, 0.6) is 0 Å². The number of guanidine groups is 1. The molecule has 130 valence electrons. The summed E-state index contributed by atoms with van der Waals surface area (Å²) in [5.41, 5.74) is 3.35. The molecule has 2 aromatic heterocycles. The van der Waals surface area contributed by atoms with Crippen molar-refractivity contribution in [3.63, 3.8) is 0 Å². The average Bonchev–Trinajstić information content (AvgIpc) is 2.61. The molecule has 0 fully saturated rings. The fourth-order valence-corrected chi connectivity index (χ4v) is 2.92. The number of nitrogens with one attached hydrogen (secondary N) is 2. The Kier molecular flexibility index (Phi) is 3.96. The zero-order valence-corrected chi connectivity index (χ0v) is 14.5. The van der Waals surface area contributed by atoms with Crippen LogP contribution in [0.3, 0.4) is 0 Å². The molecular weight excluding hydrogens is 328 g/mol. The topological polar surface area (TPSA) is 84.2 Å². The van der Waals surface area contributed by atoms with E-state index in [1.54, 1.807) is 19.3 Å². The molecule has 26 heavy (non-hydrogen) atoms. The molecular formula is C19H18N6O. The van der Waals surface area contributed by atoms with Crippen LogP contribution in [0.1, 0.15) is 23.0 Å². The van der Waals surface area contributed by atoms with Gasteiger partial charge in [0.05, 0.1) is 0 Å². The molecule has 1 aromatic carbocycles. The highest BCUT2D eigenvalue weighted by atomic mass is 16.1. The van der Waals surface area contributed by atoms with Gasteiger partial charge in [-0.15, -0.1) is 0 Å². The van der Waals surface area contributed by atoms with Crippen LogP contribution < -0.4 is 16.2 Å². The van der Waals surface area contributed by atoms with Crippen molar-refractivity contribution in [3.8, 4) is 0 Å². The van der Waals surface area contributed by atoms with E-state index in [0.717, 1.165) is 16.8 Å². The third-order valence-corrected chi connectivity index (χ3v) is 4.07. The summed E-state index contributed by atoms with van der Waals surface area (Å²) in [7, 11) is 0. The van der Waals surface area contributed by atoms with E-state index in [1.165, 1.54) is 10.6 Å². The SMILES string of the molecule is Cc1cccc(NC2=N[C@H](c3cccnc3)n3c(nc(C)cc3=O)N2)c1. The molecule has 0 radical (unpaired) electrons. The number of aromatic nitrogens is 3. The highest BCUT2D eigenvalue weighted by molar-refractivity contribution is 6.03. The number of rotatable bonds is 2. The van der Waals surface area contributed by atoms with Crippen molar-refractivity contribution in [2.45, 2.75) is 20.0 Å². The Bertz CT molecular complexity index is 1040. The third-order valence-electron chi connectivity index (χ3n) is 4.07. The van der Waals surface area contributed by atoms with Crippen LogP contribution in [-0.2, 0) is 0 Å². The molecule has 7 nitrogen and oxygen atoms in total. The number of fused-ring (bicyclic) bond motifs is 1. The normalized spacial score (nSPS) is 15.6. The molecule has 4 rings (SSSR count). The molecule has 3 aromatic rings. The van der Waals surface area contributed by atoms with Gasteiger partial charge in [0, 0.05) is 35.4 Å². The number of aliphatic imine (C=N–C) groups is 1. The Morgan fingerprint density at radius 1 is 1.15 bits per heavy atom. The Labute approximate surface area is 150 Å². The molecule has 1 aliphatic heterocycles. The molecule has 3 heterocycles. The minimum Gasteiger partial charge on any atom is -0.326 e. The molecule has 2 N–H and O–H groups in total. The van der Waals surface area contributed by atoms with Crippen LogP contribution in [0, 0.1) is 13.8 Å². The predicted octanol–water partition coefficient (Wildman–Crippen LogP) is 2.70. The summed E-state index contributed by atoms with van der Waals surface area (Å²) in [5.74, 6) is 0.982. The lowest BCUT2D eigenvalue weighted by Crippen LogP contribution is -2.37. The zero-order valence-electron chi connectivity index (χ0n) is 14.5. The maximum atomic E-state index is 12.6. The zero-order chi connectivity index (χ0) is 18.1. The molecule has 7 heteroatoms. The summed E-state index contributed by atoms with van der Waals surface area (Å²) < 4.78 is 1.53. The van der Waals surface area contributed by atoms with Gasteiger partial charge in [0.25, 0.3) is 5.56 Å². The molecule has 0 aliphatic carbocycles. The van der Waals surface area contributed by atoms with E-state index in [1.807, 2.05) is 43.3 Å². The lowest BCUT2D eigenvalue weighted by Gasteiger charge is -2.26. The summed E-state index contributed by atoms with van der Waals surface area (Å²) in [5, 5.41) is 6.38. The van der Waals surface area contributed by atoms with Crippen LogP contribution in [-0.4, -0.2) is 20.5 Å². The van der Waals surface area contributed by atoms with Gasteiger partial charge in [-0.2, -0.15) is 0 Å².